The molecule has 0 aliphatic heterocycles. The second-order valence-electron chi connectivity index (χ2n) is 3.07. The number of hydrogen-bond donors (Lipinski definition) is 0. The molecule has 0 aliphatic carbocycles. The quantitative estimate of drug-likeness (QED) is 0.810. The summed E-state index contributed by atoms with van der Waals surface area (Å²) in [7, 11) is 1.61. The minimum atomic E-state index is 0.136. The van der Waals surface area contributed by atoms with Gasteiger partial charge in [0.2, 0.25) is 11.2 Å². The number of benzene rings is 1. The highest BCUT2D eigenvalue weighted by molar-refractivity contribution is 9.10. The molecule has 0 aliphatic rings. The molecule has 0 atom stereocenters. The Kier molecular flexibility index (Phi) is 3.81. The molecule has 0 fully saturated rings. The van der Waals surface area contributed by atoms with Crippen LogP contribution in [-0.2, 0) is 0 Å². The van der Waals surface area contributed by atoms with Gasteiger partial charge in [0.25, 0.3) is 0 Å². The lowest BCUT2D eigenvalue weighted by atomic mass is 10.3. The highest BCUT2D eigenvalue weighted by Crippen LogP contribution is 2.28. The molecule has 2 aromatic rings. The van der Waals surface area contributed by atoms with E-state index in [9.17, 15) is 0 Å². The molecule has 0 unspecified atom stereocenters. The van der Waals surface area contributed by atoms with Gasteiger partial charge in [-0.05, 0) is 51.8 Å². The Morgan fingerprint density at radius 1 is 1.18 bits per heavy atom. The monoisotopic (exact) mass is 314 g/mol. The Labute approximate surface area is 112 Å². The maximum atomic E-state index is 5.69. The second kappa shape index (κ2) is 5.33. The van der Waals surface area contributed by atoms with E-state index in [1.807, 2.05) is 0 Å². The summed E-state index contributed by atoms with van der Waals surface area (Å²) in [5.41, 5.74) is 0. The van der Waals surface area contributed by atoms with E-state index in [2.05, 4.69) is 25.9 Å². The van der Waals surface area contributed by atoms with E-state index in [0.717, 1.165) is 5.75 Å². The van der Waals surface area contributed by atoms with Gasteiger partial charge in [-0.1, -0.05) is 0 Å². The molecular weight excluding hydrogens is 307 g/mol. The zero-order valence-electron chi connectivity index (χ0n) is 8.85. The number of aromatic nitrogens is 2. The van der Waals surface area contributed by atoms with E-state index in [4.69, 9.17) is 21.1 Å². The van der Waals surface area contributed by atoms with E-state index in [1.54, 1.807) is 31.4 Å². The van der Waals surface area contributed by atoms with E-state index >= 15 is 0 Å². The predicted molar refractivity (Wildman–Crippen MR) is 67.8 cm³/mol. The zero-order valence-corrected chi connectivity index (χ0v) is 11.2. The van der Waals surface area contributed by atoms with Crippen molar-refractivity contribution in [1.29, 1.82) is 0 Å². The van der Waals surface area contributed by atoms with Crippen LogP contribution in [0.2, 0.25) is 5.28 Å². The maximum absolute atomic E-state index is 5.69. The molecule has 0 amide bonds. The first kappa shape index (κ1) is 12.1. The van der Waals surface area contributed by atoms with Crippen LogP contribution in [0.25, 0.3) is 0 Å². The van der Waals surface area contributed by atoms with Crippen LogP contribution in [0.5, 0.6) is 17.4 Å². The van der Waals surface area contributed by atoms with Gasteiger partial charge in [-0.2, -0.15) is 4.98 Å². The molecule has 1 aromatic carbocycles. The fraction of sp³-hybridized carbons (Fsp3) is 0.0909. The fourth-order valence-corrected chi connectivity index (χ4v) is 1.56. The average molecular weight is 316 g/mol. The topological polar surface area (TPSA) is 44.2 Å². The van der Waals surface area contributed by atoms with E-state index in [0.29, 0.717) is 16.1 Å². The van der Waals surface area contributed by atoms with Crippen LogP contribution >= 0.6 is 27.5 Å². The van der Waals surface area contributed by atoms with Gasteiger partial charge < -0.3 is 9.47 Å². The van der Waals surface area contributed by atoms with Gasteiger partial charge >= 0.3 is 0 Å². The summed E-state index contributed by atoms with van der Waals surface area (Å²) in [4.78, 5) is 7.78. The van der Waals surface area contributed by atoms with Crippen molar-refractivity contribution in [3.05, 3.63) is 40.2 Å². The molecule has 1 aromatic heterocycles. The number of nitrogens with zero attached hydrogens (tertiary/aromatic N) is 2. The zero-order chi connectivity index (χ0) is 12.3. The van der Waals surface area contributed by atoms with Gasteiger partial charge in [0, 0.05) is 6.20 Å². The van der Waals surface area contributed by atoms with Crippen molar-refractivity contribution >= 4 is 27.5 Å². The molecule has 0 saturated carbocycles. The summed E-state index contributed by atoms with van der Waals surface area (Å²) in [6, 6.07) is 7.15. The number of hydrogen-bond acceptors (Lipinski definition) is 4. The van der Waals surface area contributed by atoms with E-state index < -0.39 is 0 Å². The van der Waals surface area contributed by atoms with Gasteiger partial charge in [-0.3, -0.25) is 0 Å². The summed E-state index contributed by atoms with van der Waals surface area (Å²) >= 11 is 8.97. The lowest BCUT2D eigenvalue weighted by Crippen LogP contribution is -1.91. The largest absolute Gasteiger partial charge is 0.497 e. The number of rotatable bonds is 3. The molecule has 2 rings (SSSR count). The van der Waals surface area contributed by atoms with Crippen LogP contribution in [-0.4, -0.2) is 17.1 Å². The van der Waals surface area contributed by atoms with Crippen LogP contribution in [0.1, 0.15) is 0 Å². The molecule has 0 N–H and O–H groups in total. The van der Waals surface area contributed by atoms with Crippen molar-refractivity contribution in [3.63, 3.8) is 0 Å². The molecular formula is C11H8BrClN2O2. The number of ether oxygens (including phenoxy) is 2. The van der Waals surface area contributed by atoms with Crippen molar-refractivity contribution < 1.29 is 9.47 Å². The van der Waals surface area contributed by atoms with Crippen molar-refractivity contribution in [2.75, 3.05) is 7.11 Å². The molecule has 0 saturated heterocycles. The summed E-state index contributed by atoms with van der Waals surface area (Å²) in [6.45, 7) is 0. The van der Waals surface area contributed by atoms with Crippen molar-refractivity contribution in [1.82, 2.24) is 9.97 Å². The second-order valence-corrected chi connectivity index (χ2v) is 4.26. The summed E-state index contributed by atoms with van der Waals surface area (Å²) in [5.74, 6) is 1.77. The molecule has 0 bridgehead atoms. The van der Waals surface area contributed by atoms with Crippen LogP contribution in [0, 0.1) is 0 Å². The highest BCUT2D eigenvalue weighted by atomic mass is 79.9. The van der Waals surface area contributed by atoms with Gasteiger partial charge in [0.1, 0.15) is 11.5 Å². The first-order chi connectivity index (χ1) is 8.19. The average Bonchev–Trinajstić information content (AvgIpc) is 2.35. The van der Waals surface area contributed by atoms with Crippen LogP contribution in [0.15, 0.2) is 34.9 Å². The Morgan fingerprint density at radius 3 is 2.47 bits per heavy atom. The third kappa shape index (κ3) is 3.08. The SMILES string of the molecule is COc1ccc(Oc2nc(Cl)ncc2Br)cc1. The van der Waals surface area contributed by atoms with E-state index in [1.165, 1.54) is 6.20 Å². The smallest absolute Gasteiger partial charge is 0.237 e. The maximum Gasteiger partial charge on any atom is 0.237 e. The van der Waals surface area contributed by atoms with Crippen molar-refractivity contribution in [3.8, 4) is 17.4 Å². The minimum absolute atomic E-state index is 0.136. The first-order valence-electron chi connectivity index (χ1n) is 4.69. The summed E-state index contributed by atoms with van der Waals surface area (Å²) in [6.07, 6.45) is 1.54. The van der Waals surface area contributed by atoms with Crippen LogP contribution in [0.3, 0.4) is 0 Å². The molecule has 4 nitrogen and oxygen atoms in total. The Balaban J connectivity index is 2.22. The molecule has 6 heteroatoms. The molecule has 0 spiro atoms. The predicted octanol–water partition coefficient (Wildman–Crippen LogP) is 3.69. The lowest BCUT2D eigenvalue weighted by Gasteiger charge is -2.07. The number of methoxy groups -OCH3 is 1. The van der Waals surface area contributed by atoms with Gasteiger partial charge in [0.15, 0.2) is 0 Å². The van der Waals surface area contributed by atoms with Crippen molar-refractivity contribution in [2.45, 2.75) is 0 Å². The first-order valence-corrected chi connectivity index (χ1v) is 5.86. The molecule has 1 heterocycles. The normalized spacial score (nSPS) is 10.1. The molecule has 0 radical (unpaired) electrons. The summed E-state index contributed by atoms with van der Waals surface area (Å²) < 4.78 is 11.2. The van der Waals surface area contributed by atoms with Gasteiger partial charge in [0.05, 0.1) is 11.6 Å². The lowest BCUT2D eigenvalue weighted by molar-refractivity contribution is 0.412. The minimum Gasteiger partial charge on any atom is -0.497 e. The molecule has 88 valence electrons. The summed E-state index contributed by atoms with van der Waals surface area (Å²) in [5, 5.41) is 0.136. The Morgan fingerprint density at radius 2 is 1.82 bits per heavy atom. The van der Waals surface area contributed by atoms with Crippen LogP contribution in [0.4, 0.5) is 0 Å². The third-order valence-electron chi connectivity index (χ3n) is 1.96. The van der Waals surface area contributed by atoms with Crippen LogP contribution < -0.4 is 9.47 Å². The van der Waals surface area contributed by atoms with Gasteiger partial charge in [-0.15, -0.1) is 0 Å². The van der Waals surface area contributed by atoms with Crippen molar-refractivity contribution in [2.24, 2.45) is 0 Å². The number of halogens is 2. The standard InChI is InChI=1S/C11H8BrClN2O2/c1-16-7-2-4-8(5-3-7)17-10-9(12)6-14-11(13)15-10/h2-6H,1H3. The molecule has 17 heavy (non-hydrogen) atoms. The highest BCUT2D eigenvalue weighted by Gasteiger charge is 2.06. The fourth-order valence-electron chi connectivity index (χ4n) is 1.16. The van der Waals surface area contributed by atoms with E-state index in [-0.39, 0.29) is 5.28 Å². The third-order valence-corrected chi connectivity index (χ3v) is 2.68. The Bertz CT molecular complexity index is 519. The Hall–Kier alpha value is -1.33. The van der Waals surface area contributed by atoms with Gasteiger partial charge in [-0.25, -0.2) is 4.98 Å².